The second-order valence-corrected chi connectivity index (χ2v) is 3.84. The Morgan fingerprint density at radius 1 is 0.941 bits per heavy atom. The molecule has 0 spiro atoms. The van der Waals surface area contributed by atoms with E-state index < -0.39 is 7.82 Å². The Hall–Kier alpha value is -1.59. The van der Waals surface area contributed by atoms with Gasteiger partial charge in [-0.05, 0) is 12.2 Å². The average Bonchev–Trinajstić information content (AvgIpc) is 2.29. The Balaban J connectivity index is 0.000000249. The maximum Gasteiger partial charge on any atom is 0.354 e. The van der Waals surface area contributed by atoms with E-state index in [2.05, 4.69) is 9.98 Å². The third-order valence-corrected chi connectivity index (χ3v) is 1.59. The Kier molecular flexibility index (Phi) is 4.93. The number of nitrogens with zero attached hydrogens (tertiary/aromatic N) is 2. The number of aliphatic imine (C=N–C) groups is 2. The van der Waals surface area contributed by atoms with Crippen LogP contribution in [0.4, 0.5) is 0 Å². The molecular formula is C10H9N2O4P. The van der Waals surface area contributed by atoms with Gasteiger partial charge in [0.15, 0.2) is 0 Å². The van der Waals surface area contributed by atoms with Crippen LogP contribution in [-0.2, 0) is 4.57 Å². The summed E-state index contributed by atoms with van der Waals surface area (Å²) in [7, 11) is -5.14. The molecule has 2 aliphatic heterocycles. The van der Waals surface area contributed by atoms with Crippen LogP contribution in [0.1, 0.15) is 0 Å². The van der Waals surface area contributed by atoms with Crippen LogP contribution in [-0.4, -0.2) is 17.3 Å². The van der Waals surface area contributed by atoms with E-state index in [4.69, 9.17) is 19.2 Å². The number of rotatable bonds is 1. The Morgan fingerprint density at radius 3 is 1.53 bits per heavy atom. The van der Waals surface area contributed by atoms with E-state index in [0.717, 1.165) is 11.4 Å². The number of allylic oxidation sites excluding steroid dienone is 6. The van der Waals surface area contributed by atoms with Crippen LogP contribution in [0.3, 0.4) is 0 Å². The molecule has 1 N–H and O–H groups in total. The standard InChI is InChI=1S/C10H8N2.H3O4P/c1-3-7-11-9(5-1)10-6-2-4-8-12-10;1-5(2,3)4/h1-8H;(H3,1,2,3,4)/q+2;/p-2. The lowest BCUT2D eigenvalue weighted by Gasteiger charge is -2.19. The summed E-state index contributed by atoms with van der Waals surface area (Å²) in [6.07, 6.45) is 15.1. The normalized spacial score (nSPS) is 17.1. The van der Waals surface area contributed by atoms with E-state index in [-0.39, 0.29) is 0 Å². The predicted molar refractivity (Wildman–Crippen MR) is 60.7 cm³/mol. The highest BCUT2D eigenvalue weighted by Gasteiger charge is 2.24. The summed E-state index contributed by atoms with van der Waals surface area (Å²) >= 11 is 0. The van der Waals surface area contributed by atoms with E-state index >= 15 is 0 Å². The summed E-state index contributed by atoms with van der Waals surface area (Å²) in [6, 6.07) is 0. The van der Waals surface area contributed by atoms with Gasteiger partial charge in [-0.15, -0.1) is 0 Å². The highest BCUT2D eigenvalue weighted by atomic mass is 31.2. The van der Waals surface area contributed by atoms with Crippen LogP contribution in [0.5, 0.6) is 0 Å². The van der Waals surface area contributed by atoms with Gasteiger partial charge in [0.1, 0.15) is 0 Å². The van der Waals surface area contributed by atoms with Gasteiger partial charge >= 0.3 is 11.4 Å². The average molecular weight is 252 g/mol. The van der Waals surface area contributed by atoms with Crippen molar-refractivity contribution in [1.82, 2.24) is 9.98 Å². The molecule has 0 aliphatic carbocycles. The second kappa shape index (κ2) is 6.22. The van der Waals surface area contributed by atoms with E-state index in [1.807, 2.05) is 36.5 Å². The number of hydrogen-bond donors (Lipinski definition) is 1. The third-order valence-electron chi connectivity index (χ3n) is 1.59. The topological polar surface area (TPSA) is 112 Å². The minimum atomic E-state index is -5.14. The van der Waals surface area contributed by atoms with Crippen molar-refractivity contribution in [2.24, 2.45) is 0 Å². The lowest BCUT2D eigenvalue weighted by Crippen LogP contribution is -2.11. The largest absolute Gasteiger partial charge is 0.790 e. The molecule has 0 fully saturated rings. The predicted octanol–water partition coefficient (Wildman–Crippen LogP) is -1.49. The summed E-state index contributed by atoms with van der Waals surface area (Å²) in [5.41, 5.74) is 1.83. The van der Waals surface area contributed by atoms with Crippen molar-refractivity contribution in [2.75, 3.05) is 0 Å². The molecule has 2 aliphatic rings. The van der Waals surface area contributed by atoms with E-state index in [1.165, 1.54) is 0 Å². The molecule has 0 saturated heterocycles. The molecule has 0 unspecified atom stereocenters. The quantitative estimate of drug-likeness (QED) is 0.573. The Labute approximate surface area is 98.0 Å². The van der Waals surface area contributed by atoms with Gasteiger partial charge in [-0.25, -0.2) is 0 Å². The zero-order chi connectivity index (χ0) is 12.7. The molecule has 17 heavy (non-hydrogen) atoms. The van der Waals surface area contributed by atoms with Gasteiger partial charge in [0.25, 0.3) is 0 Å². The van der Waals surface area contributed by atoms with Gasteiger partial charge in [-0.1, -0.05) is 0 Å². The fourth-order valence-electron chi connectivity index (χ4n) is 1.03. The van der Waals surface area contributed by atoms with Gasteiger partial charge in [0.05, 0.1) is 17.8 Å². The molecular weight excluding hydrogens is 243 g/mol. The minimum absolute atomic E-state index is 0.915. The minimum Gasteiger partial charge on any atom is -0.790 e. The van der Waals surface area contributed by atoms with Gasteiger partial charge in [0, 0.05) is 24.3 Å². The van der Waals surface area contributed by atoms with Crippen LogP contribution < -0.4 is 19.8 Å². The number of hydrogen-bond acceptors (Lipinski definition) is 5. The zero-order valence-corrected chi connectivity index (χ0v) is 9.53. The SMILES string of the molecule is C1=CC=C(C2=CC=CC=[N+]2)[N+]=C1.O=P([O-])([O-])O. The fourth-order valence-corrected chi connectivity index (χ4v) is 1.03. The zero-order valence-electron chi connectivity index (χ0n) is 8.63. The molecule has 2 rings (SSSR count). The monoisotopic (exact) mass is 252 g/mol. The first-order valence-corrected chi connectivity index (χ1v) is 6.03. The highest BCUT2D eigenvalue weighted by Crippen LogP contribution is 2.11. The van der Waals surface area contributed by atoms with Crippen molar-refractivity contribution in [3.05, 3.63) is 47.9 Å². The maximum atomic E-state index is 8.66. The molecule has 0 bridgehead atoms. The van der Waals surface area contributed by atoms with E-state index in [9.17, 15) is 0 Å². The van der Waals surface area contributed by atoms with Crippen LogP contribution in [0, 0.1) is 0 Å². The van der Waals surface area contributed by atoms with E-state index in [1.54, 1.807) is 12.4 Å². The first kappa shape index (κ1) is 13.5. The van der Waals surface area contributed by atoms with Crippen LogP contribution in [0.2, 0.25) is 0 Å². The fraction of sp³-hybridized carbons (Fsp3) is 0. The molecule has 6 nitrogen and oxygen atoms in total. The first-order valence-electron chi connectivity index (χ1n) is 4.54. The summed E-state index contributed by atoms with van der Waals surface area (Å²) in [4.78, 5) is 32.7. The van der Waals surface area contributed by atoms with Crippen LogP contribution >= 0.6 is 7.82 Å². The van der Waals surface area contributed by atoms with Gasteiger partial charge in [-0.3, -0.25) is 0 Å². The molecule has 0 aromatic heterocycles. The highest BCUT2D eigenvalue weighted by molar-refractivity contribution is 7.42. The Bertz CT molecular complexity index is 450. The summed E-state index contributed by atoms with van der Waals surface area (Å²) in [6.45, 7) is 0. The van der Waals surface area contributed by atoms with Crippen molar-refractivity contribution in [3.63, 3.8) is 0 Å². The second-order valence-electron chi connectivity index (χ2n) is 2.90. The van der Waals surface area contributed by atoms with Crippen molar-refractivity contribution in [2.45, 2.75) is 0 Å². The van der Waals surface area contributed by atoms with Gasteiger partial charge in [-0.2, -0.15) is 0 Å². The van der Waals surface area contributed by atoms with Gasteiger partial charge in [0.2, 0.25) is 12.4 Å². The summed E-state index contributed by atoms with van der Waals surface area (Å²) < 4.78 is 8.66. The molecule has 0 aromatic rings. The summed E-state index contributed by atoms with van der Waals surface area (Å²) in [5.74, 6) is 0. The lowest BCUT2D eigenvalue weighted by atomic mass is 10.2. The van der Waals surface area contributed by atoms with Crippen molar-refractivity contribution in [3.8, 4) is 0 Å². The molecule has 0 aromatic carbocycles. The molecule has 0 amide bonds. The third kappa shape index (κ3) is 6.55. The molecule has 0 saturated carbocycles. The summed E-state index contributed by atoms with van der Waals surface area (Å²) in [5, 5.41) is 0. The van der Waals surface area contributed by atoms with Crippen molar-refractivity contribution in [1.29, 1.82) is 0 Å². The Morgan fingerprint density at radius 2 is 1.29 bits per heavy atom. The first-order chi connectivity index (χ1) is 7.97. The molecule has 7 heteroatoms. The van der Waals surface area contributed by atoms with Crippen LogP contribution in [0.25, 0.3) is 0 Å². The molecule has 2 heterocycles. The smallest absolute Gasteiger partial charge is 0.354 e. The molecule has 0 atom stereocenters. The molecule has 2 radical (unpaired) electrons. The van der Waals surface area contributed by atoms with Crippen molar-refractivity contribution < 1.29 is 19.2 Å². The maximum absolute atomic E-state index is 8.66. The lowest BCUT2D eigenvalue weighted by molar-refractivity contribution is -0.337. The van der Waals surface area contributed by atoms with Crippen LogP contribution in [0.15, 0.2) is 47.9 Å². The van der Waals surface area contributed by atoms with Gasteiger partial charge < -0.3 is 19.2 Å². The number of phosphoric acid groups is 1. The molecule has 88 valence electrons. The van der Waals surface area contributed by atoms with Crippen molar-refractivity contribution >= 4 is 20.3 Å². The van der Waals surface area contributed by atoms with E-state index in [0.29, 0.717) is 0 Å².